The number of hydrogen-bond donors (Lipinski definition) is 1. The molecule has 0 fully saturated rings. The van der Waals surface area contributed by atoms with Crippen LogP contribution >= 0.6 is 11.8 Å². The highest BCUT2D eigenvalue weighted by Gasteiger charge is 2.12. The summed E-state index contributed by atoms with van der Waals surface area (Å²) < 4.78 is 5.20. The van der Waals surface area contributed by atoms with Gasteiger partial charge in [-0.25, -0.2) is 0 Å². The number of thioether (sulfide) groups is 1. The molecule has 0 saturated heterocycles. The predicted molar refractivity (Wildman–Crippen MR) is 69.6 cm³/mol. The number of aliphatic imine (C=N–C) groups is 1. The molecule has 1 aromatic carbocycles. The van der Waals surface area contributed by atoms with E-state index in [0.29, 0.717) is 6.42 Å². The van der Waals surface area contributed by atoms with Crippen molar-refractivity contribution in [3.63, 3.8) is 0 Å². The zero-order valence-electron chi connectivity index (χ0n) is 9.60. The summed E-state index contributed by atoms with van der Waals surface area (Å²) in [5.74, 6) is 1.64. The second kappa shape index (κ2) is 5.72. The van der Waals surface area contributed by atoms with Gasteiger partial charge in [0.05, 0.1) is 20.1 Å². The third kappa shape index (κ3) is 3.23. The third-order valence-electron chi connectivity index (χ3n) is 2.38. The highest BCUT2D eigenvalue weighted by atomic mass is 32.2. The number of nitrogens with zero attached hydrogens (tertiary/aromatic N) is 1. The molecule has 1 aliphatic rings. The summed E-state index contributed by atoms with van der Waals surface area (Å²) in [6.07, 6.45) is 0.309. The first kappa shape index (κ1) is 12.0. The molecular formula is C12H14N2O2S. The highest BCUT2D eigenvalue weighted by Crippen LogP contribution is 2.18. The molecule has 0 aromatic heterocycles. The van der Waals surface area contributed by atoms with Gasteiger partial charge in [-0.05, 0) is 6.07 Å². The van der Waals surface area contributed by atoms with Crippen molar-refractivity contribution >= 4 is 22.8 Å². The van der Waals surface area contributed by atoms with E-state index in [2.05, 4.69) is 10.3 Å². The van der Waals surface area contributed by atoms with Crippen LogP contribution in [0, 0.1) is 0 Å². The maximum Gasteiger partial charge on any atom is 0.230 e. The molecule has 4 nitrogen and oxygen atoms in total. The molecule has 1 aliphatic heterocycles. The SMILES string of the molecule is COc1ccccc1CC(=O)NC1=NCCS1. The zero-order chi connectivity index (χ0) is 12.1. The maximum absolute atomic E-state index is 11.8. The number of ether oxygens (including phenoxy) is 1. The van der Waals surface area contributed by atoms with E-state index in [1.807, 2.05) is 24.3 Å². The minimum atomic E-state index is -0.0531. The Morgan fingerprint density at radius 3 is 3.06 bits per heavy atom. The van der Waals surface area contributed by atoms with Gasteiger partial charge >= 0.3 is 0 Å². The number of nitrogens with one attached hydrogen (secondary N) is 1. The van der Waals surface area contributed by atoms with E-state index in [4.69, 9.17) is 4.74 Å². The van der Waals surface area contributed by atoms with Gasteiger partial charge in [-0.2, -0.15) is 0 Å². The summed E-state index contributed by atoms with van der Waals surface area (Å²) in [6.45, 7) is 0.787. The van der Waals surface area contributed by atoms with Crippen LogP contribution in [0.25, 0.3) is 0 Å². The summed E-state index contributed by atoms with van der Waals surface area (Å²) in [5.41, 5.74) is 0.885. The normalized spacial score (nSPS) is 14.3. The van der Waals surface area contributed by atoms with Crippen molar-refractivity contribution in [2.45, 2.75) is 6.42 Å². The minimum absolute atomic E-state index is 0.0531. The molecular weight excluding hydrogens is 236 g/mol. The van der Waals surface area contributed by atoms with E-state index in [1.54, 1.807) is 18.9 Å². The molecule has 2 rings (SSSR count). The van der Waals surface area contributed by atoms with Crippen molar-refractivity contribution in [3.05, 3.63) is 29.8 Å². The fourth-order valence-electron chi connectivity index (χ4n) is 1.60. The molecule has 0 unspecified atom stereocenters. The van der Waals surface area contributed by atoms with E-state index < -0.39 is 0 Å². The minimum Gasteiger partial charge on any atom is -0.496 e. The lowest BCUT2D eigenvalue weighted by molar-refractivity contribution is -0.119. The van der Waals surface area contributed by atoms with Crippen LogP contribution < -0.4 is 10.1 Å². The number of hydrogen-bond acceptors (Lipinski definition) is 4. The highest BCUT2D eigenvalue weighted by molar-refractivity contribution is 8.14. The van der Waals surface area contributed by atoms with E-state index >= 15 is 0 Å². The Labute approximate surface area is 104 Å². The number of carbonyl (C=O) groups excluding carboxylic acids is 1. The standard InChI is InChI=1S/C12H14N2O2S/c1-16-10-5-3-2-4-9(10)8-11(15)14-12-13-6-7-17-12/h2-5H,6-8H2,1H3,(H,13,14,15). The van der Waals surface area contributed by atoms with E-state index in [1.165, 1.54) is 0 Å². The number of benzene rings is 1. The number of para-hydroxylation sites is 1. The molecule has 0 atom stereocenters. The summed E-state index contributed by atoms with van der Waals surface area (Å²) in [4.78, 5) is 16.0. The van der Waals surface area contributed by atoms with Crippen LogP contribution in [0.15, 0.2) is 29.3 Å². The van der Waals surface area contributed by atoms with Gasteiger partial charge in [-0.1, -0.05) is 30.0 Å². The van der Waals surface area contributed by atoms with Crippen molar-refractivity contribution in [3.8, 4) is 5.75 Å². The number of amidine groups is 1. The molecule has 0 spiro atoms. The maximum atomic E-state index is 11.8. The lowest BCUT2D eigenvalue weighted by Crippen LogP contribution is -2.28. The second-order valence-electron chi connectivity index (χ2n) is 3.57. The second-order valence-corrected chi connectivity index (χ2v) is 4.66. The Kier molecular flexibility index (Phi) is 4.03. The Balaban J connectivity index is 1.97. The largest absolute Gasteiger partial charge is 0.496 e. The number of rotatable bonds is 3. The van der Waals surface area contributed by atoms with Crippen molar-refractivity contribution < 1.29 is 9.53 Å². The van der Waals surface area contributed by atoms with Crippen LogP contribution in [0.2, 0.25) is 0 Å². The van der Waals surface area contributed by atoms with Gasteiger partial charge in [-0.15, -0.1) is 0 Å². The van der Waals surface area contributed by atoms with Gasteiger partial charge in [-0.3, -0.25) is 9.79 Å². The first-order chi connectivity index (χ1) is 8.29. The Hall–Kier alpha value is -1.49. The van der Waals surface area contributed by atoms with Crippen LogP contribution in [0.4, 0.5) is 0 Å². The van der Waals surface area contributed by atoms with Gasteiger partial charge < -0.3 is 10.1 Å². The number of carbonyl (C=O) groups is 1. The summed E-state index contributed by atoms with van der Waals surface area (Å²) in [6, 6.07) is 7.52. The molecule has 17 heavy (non-hydrogen) atoms. The quantitative estimate of drug-likeness (QED) is 0.883. The van der Waals surface area contributed by atoms with E-state index in [-0.39, 0.29) is 5.91 Å². The van der Waals surface area contributed by atoms with Gasteiger partial charge in [0.15, 0.2) is 5.17 Å². The smallest absolute Gasteiger partial charge is 0.230 e. The molecule has 1 aromatic rings. The molecule has 1 N–H and O–H groups in total. The lowest BCUT2D eigenvalue weighted by Gasteiger charge is -2.08. The zero-order valence-corrected chi connectivity index (χ0v) is 10.4. The Morgan fingerprint density at radius 2 is 2.35 bits per heavy atom. The summed E-state index contributed by atoms with van der Waals surface area (Å²) in [7, 11) is 1.60. The first-order valence-electron chi connectivity index (χ1n) is 5.38. The third-order valence-corrected chi connectivity index (χ3v) is 3.27. The number of methoxy groups -OCH3 is 1. The molecule has 1 amide bonds. The summed E-state index contributed by atoms with van der Waals surface area (Å²) in [5, 5.41) is 3.52. The molecule has 0 aliphatic carbocycles. The van der Waals surface area contributed by atoms with Crippen LogP contribution in [0.3, 0.4) is 0 Å². The van der Waals surface area contributed by atoms with Crippen molar-refractivity contribution in [2.75, 3.05) is 19.4 Å². The number of amides is 1. The monoisotopic (exact) mass is 250 g/mol. The van der Waals surface area contributed by atoms with Crippen LogP contribution in [0.1, 0.15) is 5.56 Å². The molecule has 5 heteroatoms. The molecule has 1 heterocycles. The van der Waals surface area contributed by atoms with Gasteiger partial charge in [0.25, 0.3) is 0 Å². The van der Waals surface area contributed by atoms with E-state index in [0.717, 1.165) is 28.8 Å². The van der Waals surface area contributed by atoms with Crippen LogP contribution in [-0.2, 0) is 11.2 Å². The summed E-state index contributed by atoms with van der Waals surface area (Å²) >= 11 is 1.58. The van der Waals surface area contributed by atoms with E-state index in [9.17, 15) is 4.79 Å². The first-order valence-corrected chi connectivity index (χ1v) is 6.37. The molecule has 0 saturated carbocycles. The average Bonchev–Trinajstić information content (AvgIpc) is 2.82. The average molecular weight is 250 g/mol. The fourth-order valence-corrected chi connectivity index (χ4v) is 2.34. The predicted octanol–water partition coefficient (Wildman–Crippen LogP) is 1.46. The van der Waals surface area contributed by atoms with Crippen molar-refractivity contribution in [2.24, 2.45) is 4.99 Å². The van der Waals surface area contributed by atoms with Crippen LogP contribution in [0.5, 0.6) is 5.75 Å². The van der Waals surface area contributed by atoms with Crippen molar-refractivity contribution in [1.29, 1.82) is 0 Å². The molecule has 90 valence electrons. The van der Waals surface area contributed by atoms with Crippen LogP contribution in [-0.4, -0.2) is 30.5 Å². The fraction of sp³-hybridized carbons (Fsp3) is 0.333. The molecule has 0 bridgehead atoms. The van der Waals surface area contributed by atoms with Gasteiger partial charge in [0.2, 0.25) is 5.91 Å². The Morgan fingerprint density at radius 1 is 1.53 bits per heavy atom. The lowest BCUT2D eigenvalue weighted by atomic mass is 10.1. The molecule has 0 radical (unpaired) electrons. The van der Waals surface area contributed by atoms with Crippen molar-refractivity contribution in [1.82, 2.24) is 5.32 Å². The Bertz CT molecular complexity index is 446. The van der Waals surface area contributed by atoms with Gasteiger partial charge in [0, 0.05) is 11.3 Å². The topological polar surface area (TPSA) is 50.7 Å². The van der Waals surface area contributed by atoms with Gasteiger partial charge in [0.1, 0.15) is 5.75 Å².